The maximum absolute atomic E-state index is 15.2. The number of rotatable bonds is 4. The van der Waals surface area contributed by atoms with Crippen molar-refractivity contribution in [1.29, 1.82) is 0 Å². The van der Waals surface area contributed by atoms with Gasteiger partial charge in [-0.3, -0.25) is 0 Å². The maximum Gasteiger partial charge on any atom is 0.218 e. The molecule has 0 aromatic heterocycles. The van der Waals surface area contributed by atoms with Gasteiger partial charge in [0.05, 0.1) is 11.1 Å². The first-order chi connectivity index (χ1) is 15.6. The van der Waals surface area contributed by atoms with Crippen LogP contribution in [0.15, 0.2) is 82.6 Å². The topological polar surface area (TPSA) is 34.1 Å². The smallest absolute Gasteiger partial charge is 0.218 e. The van der Waals surface area contributed by atoms with Crippen LogP contribution < -0.4 is 0 Å². The van der Waals surface area contributed by atoms with E-state index in [1.165, 1.54) is 60.7 Å². The third kappa shape index (κ3) is 3.78. The Morgan fingerprint density at radius 1 is 0.485 bits per heavy atom. The van der Waals surface area contributed by atoms with Crippen molar-refractivity contribution in [2.24, 2.45) is 0 Å². The monoisotopic (exact) mass is 478 g/mol. The average molecular weight is 478 g/mol. The summed E-state index contributed by atoms with van der Waals surface area (Å²) in [5, 5.41) is 0. The zero-order valence-electron chi connectivity index (χ0n) is 16.4. The minimum absolute atomic E-state index is 0.107. The van der Waals surface area contributed by atoms with Gasteiger partial charge in [-0.05, 0) is 11.1 Å². The van der Waals surface area contributed by atoms with Gasteiger partial charge >= 0.3 is 0 Å². The highest BCUT2D eigenvalue weighted by molar-refractivity contribution is 7.91. The summed E-state index contributed by atoms with van der Waals surface area (Å²) in [5.74, 6) is -10.4. The number of benzene rings is 4. The van der Waals surface area contributed by atoms with E-state index in [9.17, 15) is 26.0 Å². The third-order valence-corrected chi connectivity index (χ3v) is 6.74. The first kappa shape index (κ1) is 22.6. The van der Waals surface area contributed by atoms with Crippen molar-refractivity contribution < 1.29 is 34.8 Å². The molecule has 0 aliphatic rings. The van der Waals surface area contributed by atoms with E-state index in [2.05, 4.69) is 0 Å². The zero-order valence-corrected chi connectivity index (χ0v) is 17.2. The molecule has 0 saturated carbocycles. The summed E-state index contributed by atoms with van der Waals surface area (Å²) < 4.78 is 115. The molecule has 0 spiro atoms. The summed E-state index contributed by atoms with van der Waals surface area (Å²) in [4.78, 5) is -3.52. The molecule has 0 aliphatic carbocycles. The van der Waals surface area contributed by atoms with Crippen LogP contribution in [0.1, 0.15) is 0 Å². The van der Waals surface area contributed by atoms with E-state index < -0.39 is 65.7 Å². The van der Waals surface area contributed by atoms with Crippen molar-refractivity contribution in [2.75, 3.05) is 0 Å². The Hall–Kier alpha value is -3.59. The molecule has 0 heterocycles. The molecule has 0 N–H and O–H groups in total. The quantitative estimate of drug-likeness (QED) is 0.242. The van der Waals surface area contributed by atoms with Gasteiger partial charge in [0.2, 0.25) is 9.84 Å². The van der Waals surface area contributed by atoms with Gasteiger partial charge < -0.3 is 0 Å². The number of sulfone groups is 1. The lowest BCUT2D eigenvalue weighted by atomic mass is 10.0. The molecular formula is C24H12F6O2S. The van der Waals surface area contributed by atoms with Crippen molar-refractivity contribution in [3.63, 3.8) is 0 Å². The fourth-order valence-corrected chi connectivity index (χ4v) is 4.99. The summed E-state index contributed by atoms with van der Waals surface area (Å²) in [6.07, 6.45) is 0. The van der Waals surface area contributed by atoms with E-state index in [4.69, 9.17) is 0 Å². The molecule has 9 heteroatoms. The molecule has 168 valence electrons. The highest BCUT2D eigenvalue weighted by atomic mass is 32.2. The Bertz CT molecular complexity index is 1360. The molecule has 0 aliphatic heterocycles. The van der Waals surface area contributed by atoms with Crippen LogP contribution in [-0.4, -0.2) is 8.42 Å². The molecule has 33 heavy (non-hydrogen) atoms. The normalized spacial score (nSPS) is 11.6. The van der Waals surface area contributed by atoms with Gasteiger partial charge in [0.15, 0.2) is 11.6 Å². The highest BCUT2D eigenvalue weighted by Gasteiger charge is 2.36. The van der Waals surface area contributed by atoms with Crippen LogP contribution in [-0.2, 0) is 9.84 Å². The molecule has 2 nitrogen and oxygen atoms in total. The average Bonchev–Trinajstić information content (AvgIpc) is 2.74. The summed E-state index contributed by atoms with van der Waals surface area (Å²) in [6.45, 7) is 0. The van der Waals surface area contributed by atoms with Crippen LogP contribution in [0.4, 0.5) is 26.3 Å². The van der Waals surface area contributed by atoms with Crippen molar-refractivity contribution in [1.82, 2.24) is 0 Å². The molecule has 4 rings (SSSR count). The molecule has 4 aromatic rings. The summed E-state index contributed by atoms with van der Waals surface area (Å²) in [7, 11) is -5.59. The van der Waals surface area contributed by atoms with Gasteiger partial charge in [0.1, 0.15) is 33.1 Å². The second-order valence-electron chi connectivity index (χ2n) is 6.95. The standard InChI is InChI=1S/C24H12F6O2S/c25-15-11-17(27)23(21(29)19(15)13-7-3-1-4-8-13)33(31,32)24-18(28)12-16(26)20(22(24)30)14-9-5-2-6-10-14/h1-12H. The zero-order chi connectivity index (χ0) is 23.9. The van der Waals surface area contributed by atoms with E-state index in [0.717, 1.165) is 0 Å². The van der Waals surface area contributed by atoms with Gasteiger partial charge in [-0.25, -0.2) is 34.8 Å². The van der Waals surface area contributed by atoms with Gasteiger partial charge in [-0.2, -0.15) is 0 Å². The van der Waals surface area contributed by atoms with Crippen LogP contribution in [0, 0.1) is 34.9 Å². The van der Waals surface area contributed by atoms with E-state index in [0.29, 0.717) is 0 Å². The van der Waals surface area contributed by atoms with Crippen LogP contribution >= 0.6 is 0 Å². The summed E-state index contributed by atoms with van der Waals surface area (Å²) >= 11 is 0. The van der Waals surface area contributed by atoms with Crippen LogP contribution in [0.5, 0.6) is 0 Å². The Kier molecular flexibility index (Phi) is 5.75. The fraction of sp³-hybridized carbons (Fsp3) is 0. The molecular weight excluding hydrogens is 466 g/mol. The SMILES string of the molecule is O=S(=O)(c1c(F)cc(F)c(-c2ccccc2)c1F)c1c(F)cc(F)c(-c2ccccc2)c1F. The van der Waals surface area contributed by atoms with Crippen LogP contribution in [0.3, 0.4) is 0 Å². The second kappa shape index (κ2) is 8.40. The van der Waals surface area contributed by atoms with Crippen molar-refractivity contribution in [3.8, 4) is 22.3 Å². The summed E-state index contributed by atoms with van der Waals surface area (Å²) in [5.41, 5.74) is -2.06. The highest BCUT2D eigenvalue weighted by Crippen LogP contribution is 2.39. The lowest BCUT2D eigenvalue weighted by molar-refractivity contribution is 0.484. The first-order valence-corrected chi connectivity index (χ1v) is 10.8. The maximum atomic E-state index is 15.2. The Morgan fingerprint density at radius 2 is 0.818 bits per heavy atom. The Morgan fingerprint density at radius 3 is 1.15 bits per heavy atom. The van der Waals surface area contributed by atoms with E-state index in [1.807, 2.05) is 0 Å². The molecule has 4 aromatic carbocycles. The summed E-state index contributed by atoms with van der Waals surface area (Å²) in [6, 6.07) is 13.8. The molecule has 0 atom stereocenters. The molecule has 0 unspecified atom stereocenters. The minimum Gasteiger partial charge on any atom is -0.218 e. The molecule has 0 radical (unpaired) electrons. The molecule has 0 amide bonds. The Labute approximate surface area is 184 Å². The van der Waals surface area contributed by atoms with Gasteiger partial charge in [0, 0.05) is 12.1 Å². The number of halogens is 6. The van der Waals surface area contributed by atoms with Crippen molar-refractivity contribution >= 4 is 9.84 Å². The van der Waals surface area contributed by atoms with E-state index in [1.54, 1.807) is 0 Å². The first-order valence-electron chi connectivity index (χ1n) is 9.35. The van der Waals surface area contributed by atoms with Crippen LogP contribution in [0.25, 0.3) is 22.3 Å². The number of hydrogen-bond donors (Lipinski definition) is 0. The van der Waals surface area contributed by atoms with Gasteiger partial charge in [0.25, 0.3) is 0 Å². The lowest BCUT2D eigenvalue weighted by Gasteiger charge is -2.15. The van der Waals surface area contributed by atoms with E-state index in [-0.39, 0.29) is 23.3 Å². The van der Waals surface area contributed by atoms with Crippen molar-refractivity contribution in [3.05, 3.63) is 108 Å². The molecule has 0 saturated heterocycles. The van der Waals surface area contributed by atoms with E-state index >= 15 is 8.78 Å². The third-order valence-electron chi connectivity index (χ3n) is 4.92. The predicted octanol–water partition coefficient (Wildman–Crippen LogP) is 6.69. The fourth-order valence-electron chi connectivity index (χ4n) is 3.48. The van der Waals surface area contributed by atoms with Gasteiger partial charge in [-0.15, -0.1) is 0 Å². The second-order valence-corrected chi connectivity index (χ2v) is 8.78. The number of hydrogen-bond acceptors (Lipinski definition) is 2. The minimum atomic E-state index is -5.59. The predicted molar refractivity (Wildman–Crippen MR) is 109 cm³/mol. The van der Waals surface area contributed by atoms with Crippen LogP contribution in [0.2, 0.25) is 0 Å². The Balaban J connectivity index is 2.03. The molecule has 0 bridgehead atoms. The van der Waals surface area contributed by atoms with Gasteiger partial charge in [-0.1, -0.05) is 60.7 Å². The van der Waals surface area contributed by atoms with Crippen molar-refractivity contribution in [2.45, 2.75) is 9.79 Å². The lowest BCUT2D eigenvalue weighted by Crippen LogP contribution is -2.14. The molecule has 0 fully saturated rings. The largest absolute Gasteiger partial charge is 0.218 e.